The van der Waals surface area contributed by atoms with Crippen molar-refractivity contribution in [2.45, 2.75) is 23.8 Å². The molecule has 0 aliphatic rings. The zero-order chi connectivity index (χ0) is 15.2. The topological polar surface area (TPSA) is 83.0 Å². The van der Waals surface area contributed by atoms with E-state index >= 15 is 0 Å². The summed E-state index contributed by atoms with van der Waals surface area (Å²) in [6.45, 7) is 2.20. The van der Waals surface area contributed by atoms with Gasteiger partial charge in [-0.2, -0.15) is 5.26 Å². The summed E-state index contributed by atoms with van der Waals surface area (Å²) < 4.78 is 5.54. The minimum atomic E-state index is -0.342. The van der Waals surface area contributed by atoms with Crippen molar-refractivity contribution >= 4 is 29.0 Å². The molecule has 0 fully saturated rings. The van der Waals surface area contributed by atoms with E-state index in [2.05, 4.69) is 10.2 Å². The van der Waals surface area contributed by atoms with E-state index in [-0.39, 0.29) is 11.2 Å². The highest BCUT2D eigenvalue weighted by Gasteiger charge is 2.21. The molecule has 8 heteroatoms. The third kappa shape index (κ3) is 4.06. The van der Waals surface area contributed by atoms with Gasteiger partial charge >= 0.3 is 0 Å². The van der Waals surface area contributed by atoms with Crippen LogP contribution < -0.4 is 0 Å². The van der Waals surface area contributed by atoms with E-state index in [1.165, 1.54) is 28.0 Å². The third-order valence-corrected chi connectivity index (χ3v) is 4.48. The van der Waals surface area contributed by atoms with Gasteiger partial charge in [-0.1, -0.05) is 17.8 Å². The Morgan fingerprint density at radius 1 is 1.62 bits per heavy atom. The lowest BCUT2D eigenvalue weighted by Crippen LogP contribution is -2.33. The van der Waals surface area contributed by atoms with Crippen LogP contribution in [0.15, 0.2) is 27.2 Å². The van der Waals surface area contributed by atoms with E-state index in [1.54, 1.807) is 14.0 Å². The molecular formula is C13H14N4O2S2. The van der Waals surface area contributed by atoms with E-state index < -0.39 is 0 Å². The van der Waals surface area contributed by atoms with Crippen molar-refractivity contribution in [2.75, 3.05) is 13.6 Å². The molecule has 0 radical (unpaired) electrons. The highest BCUT2D eigenvalue weighted by atomic mass is 32.2. The second-order valence-corrected chi connectivity index (χ2v) is 6.52. The number of carbonyl (C=O) groups is 1. The number of carbonyl (C=O) groups excluding carboxylic acids is 1. The number of thiophene rings is 1. The van der Waals surface area contributed by atoms with Crippen LogP contribution in [0, 0.1) is 11.3 Å². The zero-order valence-corrected chi connectivity index (χ0v) is 13.3. The summed E-state index contributed by atoms with van der Waals surface area (Å²) in [4.78, 5) is 14.5. The minimum absolute atomic E-state index is 0.0638. The lowest BCUT2D eigenvalue weighted by molar-refractivity contribution is -0.128. The first kappa shape index (κ1) is 15.5. The van der Waals surface area contributed by atoms with Gasteiger partial charge in [-0.15, -0.1) is 21.5 Å². The predicted octanol–water partition coefficient (Wildman–Crippen LogP) is 2.65. The fourth-order valence-corrected chi connectivity index (χ4v) is 3.04. The molecule has 0 saturated heterocycles. The van der Waals surface area contributed by atoms with Crippen molar-refractivity contribution < 1.29 is 9.21 Å². The Labute approximate surface area is 130 Å². The molecule has 6 nitrogen and oxygen atoms in total. The normalized spacial score (nSPS) is 11.9. The molecule has 0 aliphatic carbocycles. The van der Waals surface area contributed by atoms with Gasteiger partial charge in [0.15, 0.2) is 0 Å². The van der Waals surface area contributed by atoms with Crippen molar-refractivity contribution in [2.24, 2.45) is 0 Å². The Bertz CT molecular complexity index is 633. The lowest BCUT2D eigenvalue weighted by Gasteiger charge is -2.18. The first-order chi connectivity index (χ1) is 10.1. The van der Waals surface area contributed by atoms with Crippen molar-refractivity contribution in [1.82, 2.24) is 15.1 Å². The first-order valence-electron chi connectivity index (χ1n) is 6.27. The number of hydrogen-bond donors (Lipinski definition) is 0. The molecular weight excluding hydrogens is 308 g/mol. The van der Waals surface area contributed by atoms with E-state index in [0.29, 0.717) is 24.1 Å². The number of rotatable bonds is 6. The Hall–Kier alpha value is -1.85. The molecule has 2 heterocycles. The molecule has 1 atom stereocenters. The summed E-state index contributed by atoms with van der Waals surface area (Å²) in [6.07, 6.45) is 0.322. The highest BCUT2D eigenvalue weighted by molar-refractivity contribution is 8.00. The molecule has 2 aromatic rings. The molecule has 110 valence electrons. The Morgan fingerprint density at radius 2 is 2.43 bits per heavy atom. The van der Waals surface area contributed by atoms with Crippen molar-refractivity contribution in [1.29, 1.82) is 5.26 Å². The summed E-state index contributed by atoms with van der Waals surface area (Å²) in [5.41, 5.74) is 0. The summed E-state index contributed by atoms with van der Waals surface area (Å²) in [5.74, 6) is 0.399. The van der Waals surface area contributed by atoms with Gasteiger partial charge in [-0.25, -0.2) is 0 Å². The SMILES string of the molecule is C[C@H](Sc1nnc(-c2cccs2)o1)C(=O)N(C)CCC#N. The van der Waals surface area contributed by atoms with Gasteiger partial charge in [-0.05, 0) is 18.4 Å². The Morgan fingerprint density at radius 3 is 3.10 bits per heavy atom. The maximum atomic E-state index is 12.1. The van der Waals surface area contributed by atoms with Crippen LogP contribution in [0.25, 0.3) is 10.8 Å². The van der Waals surface area contributed by atoms with Crippen LogP contribution in [0.2, 0.25) is 0 Å². The average molecular weight is 322 g/mol. The van der Waals surface area contributed by atoms with E-state index in [4.69, 9.17) is 9.68 Å². The quantitative estimate of drug-likeness (QED) is 0.760. The molecule has 0 unspecified atom stereocenters. The highest BCUT2D eigenvalue weighted by Crippen LogP contribution is 2.28. The largest absolute Gasteiger partial charge is 0.410 e. The summed E-state index contributed by atoms with van der Waals surface area (Å²) >= 11 is 2.74. The van der Waals surface area contributed by atoms with Crippen molar-refractivity contribution in [3.8, 4) is 16.8 Å². The number of aromatic nitrogens is 2. The van der Waals surface area contributed by atoms with Crippen LogP contribution in [-0.4, -0.2) is 39.8 Å². The standard InChI is InChI=1S/C13H14N4O2S2/c1-9(12(18)17(2)7-4-6-14)21-13-16-15-11(19-13)10-5-3-8-20-10/h3,5,8-9H,4,7H2,1-2H3/t9-/m0/s1. The third-order valence-electron chi connectivity index (χ3n) is 2.70. The fourth-order valence-electron chi connectivity index (χ4n) is 1.60. The lowest BCUT2D eigenvalue weighted by atomic mass is 10.3. The van der Waals surface area contributed by atoms with E-state index in [0.717, 1.165) is 4.88 Å². The molecule has 2 aromatic heterocycles. The molecule has 0 aliphatic heterocycles. The summed E-state index contributed by atoms with van der Waals surface area (Å²) in [5, 5.41) is 18.4. The molecule has 0 N–H and O–H groups in total. The maximum absolute atomic E-state index is 12.1. The fraction of sp³-hybridized carbons (Fsp3) is 0.385. The Kier molecular flexibility index (Phi) is 5.36. The molecule has 0 aromatic carbocycles. The van der Waals surface area contributed by atoms with Gasteiger partial charge in [0.25, 0.3) is 11.1 Å². The molecule has 0 saturated carbocycles. The average Bonchev–Trinajstić information content (AvgIpc) is 3.14. The van der Waals surface area contributed by atoms with Crippen LogP contribution >= 0.6 is 23.1 Å². The van der Waals surface area contributed by atoms with Crippen LogP contribution in [0.4, 0.5) is 0 Å². The van der Waals surface area contributed by atoms with Crippen molar-refractivity contribution in [3.63, 3.8) is 0 Å². The number of amides is 1. The number of thioether (sulfide) groups is 1. The van der Waals surface area contributed by atoms with E-state index in [9.17, 15) is 4.79 Å². The smallest absolute Gasteiger partial charge is 0.277 e. The second kappa shape index (κ2) is 7.24. The molecule has 1 amide bonds. The predicted molar refractivity (Wildman–Crippen MR) is 80.8 cm³/mol. The molecule has 0 spiro atoms. The van der Waals surface area contributed by atoms with Crippen LogP contribution in [0.3, 0.4) is 0 Å². The molecule has 21 heavy (non-hydrogen) atoms. The van der Waals surface area contributed by atoms with Crippen LogP contribution in [-0.2, 0) is 4.79 Å². The number of nitriles is 1. The van der Waals surface area contributed by atoms with Crippen LogP contribution in [0.5, 0.6) is 0 Å². The second-order valence-electron chi connectivity index (χ2n) is 4.28. The number of nitrogens with zero attached hydrogens (tertiary/aromatic N) is 4. The van der Waals surface area contributed by atoms with Crippen molar-refractivity contribution in [3.05, 3.63) is 17.5 Å². The van der Waals surface area contributed by atoms with Gasteiger partial charge in [-0.3, -0.25) is 4.79 Å². The zero-order valence-electron chi connectivity index (χ0n) is 11.6. The van der Waals surface area contributed by atoms with Gasteiger partial charge < -0.3 is 9.32 Å². The monoisotopic (exact) mass is 322 g/mol. The van der Waals surface area contributed by atoms with Gasteiger partial charge in [0.1, 0.15) is 0 Å². The maximum Gasteiger partial charge on any atom is 0.277 e. The summed E-state index contributed by atoms with van der Waals surface area (Å²) in [7, 11) is 1.68. The number of hydrogen-bond acceptors (Lipinski definition) is 7. The minimum Gasteiger partial charge on any atom is -0.410 e. The van der Waals surface area contributed by atoms with Gasteiger partial charge in [0, 0.05) is 13.6 Å². The molecule has 0 bridgehead atoms. The van der Waals surface area contributed by atoms with E-state index in [1.807, 2.05) is 23.6 Å². The molecule has 2 rings (SSSR count). The van der Waals surface area contributed by atoms with Gasteiger partial charge in [0.05, 0.1) is 22.6 Å². The van der Waals surface area contributed by atoms with Crippen LogP contribution in [0.1, 0.15) is 13.3 Å². The summed E-state index contributed by atoms with van der Waals surface area (Å²) in [6, 6.07) is 5.83. The first-order valence-corrected chi connectivity index (χ1v) is 8.03. The van der Waals surface area contributed by atoms with Gasteiger partial charge in [0.2, 0.25) is 5.91 Å². The Balaban J connectivity index is 1.95.